The van der Waals surface area contributed by atoms with Gasteiger partial charge >= 0.3 is 12.1 Å². The highest BCUT2D eigenvalue weighted by atomic mass is 35.5. The fourth-order valence-corrected chi connectivity index (χ4v) is 1.89. The van der Waals surface area contributed by atoms with Gasteiger partial charge in [-0.3, -0.25) is 4.99 Å². The molecular weight excluding hydrogens is 369 g/mol. The van der Waals surface area contributed by atoms with Gasteiger partial charge in [-0.05, 0) is 54.5 Å². The number of halogens is 4. The molecular formula is C18H28ClF3N2O2. The van der Waals surface area contributed by atoms with E-state index in [1.165, 1.54) is 25.1 Å². The van der Waals surface area contributed by atoms with Gasteiger partial charge in [0.2, 0.25) is 0 Å². The van der Waals surface area contributed by atoms with Crippen LogP contribution in [0.5, 0.6) is 0 Å². The second-order valence-electron chi connectivity index (χ2n) is 7.23. The van der Waals surface area contributed by atoms with Crippen molar-refractivity contribution in [1.29, 1.82) is 0 Å². The van der Waals surface area contributed by atoms with Gasteiger partial charge in [-0.15, -0.1) is 11.6 Å². The minimum absolute atomic E-state index is 0.141. The lowest BCUT2D eigenvalue weighted by Gasteiger charge is -2.25. The van der Waals surface area contributed by atoms with Crippen LogP contribution >= 0.6 is 11.6 Å². The summed E-state index contributed by atoms with van der Waals surface area (Å²) in [5.74, 6) is -0.622. The van der Waals surface area contributed by atoms with Crippen LogP contribution < -0.4 is 0 Å². The number of esters is 1. The van der Waals surface area contributed by atoms with Gasteiger partial charge in [0.1, 0.15) is 17.5 Å². The molecule has 0 spiro atoms. The highest BCUT2D eigenvalue weighted by Gasteiger charge is 2.34. The second kappa shape index (κ2) is 9.44. The quantitative estimate of drug-likeness (QED) is 0.272. The van der Waals surface area contributed by atoms with E-state index < -0.39 is 35.0 Å². The zero-order valence-electron chi connectivity index (χ0n) is 16.5. The van der Waals surface area contributed by atoms with Gasteiger partial charge in [0.15, 0.2) is 0 Å². The van der Waals surface area contributed by atoms with E-state index in [1.807, 2.05) is 0 Å². The van der Waals surface area contributed by atoms with Crippen molar-refractivity contribution in [3.05, 3.63) is 23.4 Å². The number of nitrogens with zero attached hydrogens (tertiary/aromatic N) is 2. The molecule has 0 aromatic heterocycles. The number of allylic oxidation sites excluding steroid dienone is 2. The molecule has 0 aliphatic carbocycles. The SMILES string of the molecule is CC(C)=C/C(=N\C(C)N(C)/C=C(/C(=O)OC(C)(C)C)C(C)Cl)C(F)(F)F. The topological polar surface area (TPSA) is 41.9 Å². The highest BCUT2D eigenvalue weighted by Crippen LogP contribution is 2.22. The van der Waals surface area contributed by atoms with Crippen LogP contribution in [0.4, 0.5) is 13.2 Å². The average Bonchev–Trinajstić information content (AvgIpc) is 2.39. The Morgan fingerprint density at radius 3 is 2.04 bits per heavy atom. The van der Waals surface area contributed by atoms with E-state index in [0.29, 0.717) is 5.57 Å². The number of alkyl halides is 4. The molecule has 8 heteroatoms. The zero-order valence-corrected chi connectivity index (χ0v) is 17.3. The molecule has 0 aromatic rings. The maximum atomic E-state index is 13.1. The fraction of sp³-hybridized carbons (Fsp3) is 0.667. The Morgan fingerprint density at radius 2 is 1.69 bits per heavy atom. The number of hydrogen-bond acceptors (Lipinski definition) is 4. The first-order chi connectivity index (χ1) is 11.5. The number of rotatable bonds is 6. The fourth-order valence-electron chi connectivity index (χ4n) is 1.74. The molecule has 0 saturated carbocycles. The Hall–Kier alpha value is -1.50. The van der Waals surface area contributed by atoms with Crippen molar-refractivity contribution in [2.75, 3.05) is 7.05 Å². The molecule has 150 valence electrons. The van der Waals surface area contributed by atoms with E-state index in [4.69, 9.17) is 16.3 Å². The van der Waals surface area contributed by atoms with Crippen LogP contribution in [-0.2, 0) is 9.53 Å². The van der Waals surface area contributed by atoms with E-state index in [2.05, 4.69) is 4.99 Å². The molecule has 4 nitrogen and oxygen atoms in total. The Morgan fingerprint density at radius 1 is 1.19 bits per heavy atom. The normalized spacial score (nSPS) is 16.0. The second-order valence-corrected chi connectivity index (χ2v) is 7.89. The van der Waals surface area contributed by atoms with Crippen molar-refractivity contribution in [3.8, 4) is 0 Å². The molecule has 0 fully saturated rings. The van der Waals surface area contributed by atoms with Gasteiger partial charge in [-0.25, -0.2) is 4.79 Å². The lowest BCUT2D eigenvalue weighted by atomic mass is 10.1. The number of hydrogen-bond donors (Lipinski definition) is 0. The summed E-state index contributed by atoms with van der Waals surface area (Å²) < 4.78 is 44.6. The molecule has 0 saturated heterocycles. The Balaban J connectivity index is 5.67. The summed E-state index contributed by atoms with van der Waals surface area (Å²) in [6.45, 7) is 11.3. The van der Waals surface area contributed by atoms with Gasteiger partial charge in [-0.2, -0.15) is 13.2 Å². The van der Waals surface area contributed by atoms with Gasteiger partial charge in [-0.1, -0.05) is 5.57 Å². The van der Waals surface area contributed by atoms with Crippen molar-refractivity contribution in [2.45, 2.75) is 71.8 Å². The predicted octanol–water partition coefficient (Wildman–Crippen LogP) is 5.09. The smallest absolute Gasteiger partial charge is 0.432 e. The van der Waals surface area contributed by atoms with Crippen molar-refractivity contribution >= 4 is 23.3 Å². The predicted molar refractivity (Wildman–Crippen MR) is 99.4 cm³/mol. The molecule has 0 aliphatic rings. The molecule has 0 N–H and O–H groups in total. The number of ether oxygens (including phenoxy) is 1. The van der Waals surface area contributed by atoms with E-state index >= 15 is 0 Å². The van der Waals surface area contributed by atoms with Crippen LogP contribution in [0.2, 0.25) is 0 Å². The molecule has 2 unspecified atom stereocenters. The number of carbonyl (C=O) groups is 1. The van der Waals surface area contributed by atoms with E-state index in [1.54, 1.807) is 41.5 Å². The summed E-state index contributed by atoms with van der Waals surface area (Å²) in [5, 5.41) is -0.677. The molecule has 26 heavy (non-hydrogen) atoms. The lowest BCUT2D eigenvalue weighted by Crippen LogP contribution is -2.31. The van der Waals surface area contributed by atoms with Crippen molar-refractivity contribution < 1.29 is 22.7 Å². The van der Waals surface area contributed by atoms with Crippen LogP contribution in [0.3, 0.4) is 0 Å². The maximum absolute atomic E-state index is 13.1. The lowest BCUT2D eigenvalue weighted by molar-refractivity contribution is -0.150. The molecule has 0 aromatic carbocycles. The van der Waals surface area contributed by atoms with Crippen molar-refractivity contribution in [1.82, 2.24) is 4.90 Å². The first-order valence-electron chi connectivity index (χ1n) is 8.15. The number of aliphatic imine (C=N–C) groups is 1. The van der Waals surface area contributed by atoms with E-state index in [-0.39, 0.29) is 5.57 Å². The average molecular weight is 397 g/mol. The van der Waals surface area contributed by atoms with Gasteiger partial charge in [0, 0.05) is 13.2 Å². The first kappa shape index (κ1) is 24.5. The highest BCUT2D eigenvalue weighted by molar-refractivity contribution is 6.24. The Bertz CT molecular complexity index is 584. The molecule has 0 rings (SSSR count). The Kier molecular flexibility index (Phi) is 8.90. The largest absolute Gasteiger partial charge is 0.457 e. The molecule has 0 aliphatic heterocycles. The summed E-state index contributed by atoms with van der Waals surface area (Å²) in [6.07, 6.45) is -3.08. The third kappa shape index (κ3) is 9.27. The minimum Gasteiger partial charge on any atom is -0.457 e. The van der Waals surface area contributed by atoms with Crippen molar-refractivity contribution in [3.63, 3.8) is 0 Å². The third-order valence-corrected chi connectivity index (χ3v) is 3.27. The summed E-state index contributed by atoms with van der Waals surface area (Å²) in [6, 6.07) is 0. The van der Waals surface area contributed by atoms with E-state index in [0.717, 1.165) is 6.08 Å². The Labute approximate surface area is 158 Å². The molecule has 0 amide bonds. The van der Waals surface area contributed by atoms with Gasteiger partial charge in [0.25, 0.3) is 0 Å². The van der Waals surface area contributed by atoms with Gasteiger partial charge in [0.05, 0.1) is 11.0 Å². The third-order valence-electron chi connectivity index (χ3n) is 3.04. The van der Waals surface area contributed by atoms with Crippen LogP contribution in [0.1, 0.15) is 48.5 Å². The van der Waals surface area contributed by atoms with Crippen LogP contribution in [-0.4, -0.2) is 46.9 Å². The zero-order chi connectivity index (χ0) is 20.9. The molecule has 0 radical (unpaired) electrons. The summed E-state index contributed by atoms with van der Waals surface area (Å²) >= 11 is 6.04. The van der Waals surface area contributed by atoms with Crippen molar-refractivity contribution in [2.24, 2.45) is 4.99 Å². The van der Waals surface area contributed by atoms with Crippen LogP contribution in [0.15, 0.2) is 28.4 Å². The summed E-state index contributed by atoms with van der Waals surface area (Å²) in [7, 11) is 1.52. The van der Waals surface area contributed by atoms with Crippen LogP contribution in [0.25, 0.3) is 0 Å². The minimum atomic E-state index is -4.57. The monoisotopic (exact) mass is 396 g/mol. The maximum Gasteiger partial charge on any atom is 0.432 e. The summed E-state index contributed by atoms with van der Waals surface area (Å²) in [5.41, 5.74) is -1.07. The molecule has 0 heterocycles. The standard InChI is InChI=1S/C18H28ClF3N2O2/c1-11(2)9-15(18(20,21)22)23-13(4)24(8)10-14(12(3)19)16(25)26-17(5,6)7/h9-10,12-13H,1-8H3/b14-10+,23-15+. The number of carbonyl (C=O) groups excluding carboxylic acids is 1. The first-order valence-corrected chi connectivity index (χ1v) is 8.59. The van der Waals surface area contributed by atoms with Crippen LogP contribution in [0, 0.1) is 0 Å². The molecule has 0 bridgehead atoms. The van der Waals surface area contributed by atoms with Gasteiger partial charge < -0.3 is 9.64 Å². The van der Waals surface area contributed by atoms with E-state index in [9.17, 15) is 18.0 Å². The summed E-state index contributed by atoms with van der Waals surface area (Å²) in [4.78, 5) is 17.4. The molecule has 2 atom stereocenters.